The fourth-order valence-electron chi connectivity index (χ4n) is 2.70. The SMILES string of the molecule is CCC(C)Oc1cccc(NC2CCC(C(=O)O)CC2)c1. The molecule has 0 radical (unpaired) electrons. The minimum absolute atomic E-state index is 0.164. The number of ether oxygens (including phenoxy) is 1. The number of anilines is 1. The van der Waals surface area contributed by atoms with Gasteiger partial charge < -0.3 is 15.2 Å². The minimum atomic E-state index is -0.655. The van der Waals surface area contributed by atoms with E-state index in [1.165, 1.54) is 0 Å². The van der Waals surface area contributed by atoms with Gasteiger partial charge in [0.1, 0.15) is 5.75 Å². The smallest absolute Gasteiger partial charge is 0.306 e. The monoisotopic (exact) mass is 291 g/mol. The molecule has 0 aliphatic heterocycles. The van der Waals surface area contributed by atoms with Gasteiger partial charge in [-0.2, -0.15) is 0 Å². The number of carboxylic acids is 1. The molecule has 0 spiro atoms. The summed E-state index contributed by atoms with van der Waals surface area (Å²) in [6.07, 6.45) is 4.54. The summed E-state index contributed by atoms with van der Waals surface area (Å²) in [6, 6.07) is 8.38. The maximum atomic E-state index is 11.0. The Morgan fingerprint density at radius 1 is 1.38 bits per heavy atom. The normalized spacial score (nSPS) is 23.3. The second-order valence-corrected chi connectivity index (χ2v) is 5.90. The number of benzene rings is 1. The van der Waals surface area contributed by atoms with Crippen LogP contribution in [0.2, 0.25) is 0 Å². The maximum Gasteiger partial charge on any atom is 0.306 e. The van der Waals surface area contributed by atoms with Crippen LogP contribution in [0.5, 0.6) is 5.75 Å². The first kappa shape index (κ1) is 15.7. The molecular formula is C17H25NO3. The Balaban J connectivity index is 1.89. The van der Waals surface area contributed by atoms with Crippen molar-refractivity contribution in [1.82, 2.24) is 0 Å². The number of nitrogens with one attached hydrogen (secondary N) is 1. The highest BCUT2D eigenvalue weighted by Crippen LogP contribution is 2.28. The lowest BCUT2D eigenvalue weighted by Gasteiger charge is -2.27. The number of rotatable bonds is 6. The molecular weight excluding hydrogens is 266 g/mol. The van der Waals surface area contributed by atoms with Crippen LogP contribution in [0.15, 0.2) is 24.3 Å². The van der Waals surface area contributed by atoms with Crippen molar-refractivity contribution in [2.45, 2.75) is 58.1 Å². The van der Waals surface area contributed by atoms with Gasteiger partial charge >= 0.3 is 5.97 Å². The van der Waals surface area contributed by atoms with Crippen molar-refractivity contribution in [3.05, 3.63) is 24.3 Å². The van der Waals surface area contributed by atoms with Crippen LogP contribution in [-0.4, -0.2) is 23.2 Å². The van der Waals surface area contributed by atoms with E-state index < -0.39 is 5.97 Å². The highest BCUT2D eigenvalue weighted by atomic mass is 16.5. The second-order valence-electron chi connectivity index (χ2n) is 5.90. The Hall–Kier alpha value is -1.71. The summed E-state index contributed by atoms with van der Waals surface area (Å²) in [6.45, 7) is 4.17. The zero-order valence-electron chi connectivity index (χ0n) is 12.8. The molecule has 1 unspecified atom stereocenters. The van der Waals surface area contributed by atoms with Crippen molar-refractivity contribution in [1.29, 1.82) is 0 Å². The third kappa shape index (κ3) is 4.66. The van der Waals surface area contributed by atoms with Crippen LogP contribution >= 0.6 is 0 Å². The van der Waals surface area contributed by atoms with Gasteiger partial charge in [0.25, 0.3) is 0 Å². The van der Waals surface area contributed by atoms with E-state index in [2.05, 4.69) is 19.2 Å². The van der Waals surface area contributed by atoms with Gasteiger partial charge in [0.05, 0.1) is 12.0 Å². The summed E-state index contributed by atoms with van der Waals surface area (Å²) in [5, 5.41) is 12.5. The molecule has 1 aromatic rings. The number of carbonyl (C=O) groups is 1. The lowest BCUT2D eigenvalue weighted by atomic mass is 9.86. The van der Waals surface area contributed by atoms with Gasteiger partial charge in [-0.05, 0) is 51.2 Å². The summed E-state index contributed by atoms with van der Waals surface area (Å²) < 4.78 is 5.82. The van der Waals surface area contributed by atoms with Crippen molar-refractivity contribution in [2.75, 3.05) is 5.32 Å². The van der Waals surface area contributed by atoms with Gasteiger partial charge in [-0.3, -0.25) is 4.79 Å². The average Bonchev–Trinajstić information content (AvgIpc) is 2.48. The molecule has 1 aliphatic rings. The molecule has 0 bridgehead atoms. The van der Waals surface area contributed by atoms with Gasteiger partial charge in [-0.1, -0.05) is 13.0 Å². The van der Waals surface area contributed by atoms with Crippen LogP contribution < -0.4 is 10.1 Å². The molecule has 2 rings (SSSR count). The molecule has 2 N–H and O–H groups in total. The number of aliphatic carboxylic acids is 1. The lowest BCUT2D eigenvalue weighted by molar-refractivity contribution is -0.142. The van der Waals surface area contributed by atoms with E-state index in [1.807, 2.05) is 24.3 Å². The van der Waals surface area contributed by atoms with Crippen molar-refractivity contribution >= 4 is 11.7 Å². The van der Waals surface area contributed by atoms with Crippen molar-refractivity contribution in [3.63, 3.8) is 0 Å². The molecule has 4 heteroatoms. The molecule has 0 aromatic heterocycles. The molecule has 0 saturated heterocycles. The molecule has 1 aromatic carbocycles. The number of hydrogen-bond donors (Lipinski definition) is 2. The Labute approximate surface area is 126 Å². The van der Waals surface area contributed by atoms with Crippen LogP contribution in [0, 0.1) is 5.92 Å². The Morgan fingerprint density at radius 2 is 2.10 bits per heavy atom. The van der Waals surface area contributed by atoms with E-state index in [4.69, 9.17) is 9.84 Å². The molecule has 0 amide bonds. The summed E-state index contributed by atoms with van der Waals surface area (Å²) in [7, 11) is 0. The fraction of sp³-hybridized carbons (Fsp3) is 0.588. The third-order valence-electron chi connectivity index (χ3n) is 4.19. The predicted molar refractivity (Wildman–Crippen MR) is 83.8 cm³/mol. The van der Waals surface area contributed by atoms with E-state index in [9.17, 15) is 4.79 Å². The highest BCUT2D eigenvalue weighted by molar-refractivity contribution is 5.70. The third-order valence-corrected chi connectivity index (χ3v) is 4.19. The molecule has 21 heavy (non-hydrogen) atoms. The quantitative estimate of drug-likeness (QED) is 0.834. The Kier molecular flexibility index (Phi) is 5.48. The zero-order valence-corrected chi connectivity index (χ0v) is 12.8. The van der Waals surface area contributed by atoms with Gasteiger partial charge in [0.15, 0.2) is 0 Å². The van der Waals surface area contributed by atoms with Crippen LogP contribution in [0.1, 0.15) is 46.0 Å². The summed E-state index contributed by atoms with van der Waals surface area (Å²) in [4.78, 5) is 11.0. The lowest BCUT2D eigenvalue weighted by Crippen LogP contribution is -2.29. The van der Waals surface area contributed by atoms with E-state index in [-0.39, 0.29) is 12.0 Å². The molecule has 1 atom stereocenters. The number of carboxylic acid groups (broad SMARTS) is 1. The van der Waals surface area contributed by atoms with Crippen LogP contribution in [-0.2, 0) is 4.79 Å². The standard InChI is InChI=1S/C17H25NO3/c1-3-12(2)21-16-6-4-5-15(11-16)18-14-9-7-13(8-10-14)17(19)20/h4-6,11-14,18H,3,7-10H2,1-2H3,(H,19,20). The van der Waals surface area contributed by atoms with Gasteiger partial charge in [0.2, 0.25) is 0 Å². The first-order valence-corrected chi connectivity index (χ1v) is 7.84. The molecule has 0 heterocycles. The van der Waals surface area contributed by atoms with Gasteiger partial charge in [-0.15, -0.1) is 0 Å². The first-order chi connectivity index (χ1) is 10.1. The molecule has 1 fully saturated rings. The summed E-state index contributed by atoms with van der Waals surface area (Å²) in [5.41, 5.74) is 1.05. The molecule has 4 nitrogen and oxygen atoms in total. The fourth-order valence-corrected chi connectivity index (χ4v) is 2.70. The van der Waals surface area contributed by atoms with Crippen LogP contribution in [0.4, 0.5) is 5.69 Å². The topological polar surface area (TPSA) is 58.6 Å². The van der Waals surface area contributed by atoms with Gasteiger partial charge in [0, 0.05) is 17.8 Å². The highest BCUT2D eigenvalue weighted by Gasteiger charge is 2.25. The number of hydrogen-bond acceptors (Lipinski definition) is 3. The van der Waals surface area contributed by atoms with Crippen molar-refractivity contribution < 1.29 is 14.6 Å². The van der Waals surface area contributed by atoms with E-state index in [1.54, 1.807) is 0 Å². The summed E-state index contributed by atoms with van der Waals surface area (Å²) in [5.74, 6) is 0.0640. The molecule has 1 saturated carbocycles. The van der Waals surface area contributed by atoms with Crippen LogP contribution in [0.25, 0.3) is 0 Å². The average molecular weight is 291 g/mol. The predicted octanol–water partition coefficient (Wildman–Crippen LogP) is 3.92. The Morgan fingerprint density at radius 3 is 2.71 bits per heavy atom. The molecule has 116 valence electrons. The molecule has 1 aliphatic carbocycles. The van der Waals surface area contributed by atoms with Crippen LogP contribution in [0.3, 0.4) is 0 Å². The maximum absolute atomic E-state index is 11.0. The van der Waals surface area contributed by atoms with E-state index >= 15 is 0 Å². The zero-order chi connectivity index (χ0) is 15.2. The minimum Gasteiger partial charge on any atom is -0.491 e. The summed E-state index contributed by atoms with van der Waals surface area (Å²) >= 11 is 0. The van der Waals surface area contributed by atoms with E-state index in [0.29, 0.717) is 6.04 Å². The Bertz CT molecular complexity index is 467. The second kappa shape index (κ2) is 7.34. The van der Waals surface area contributed by atoms with Gasteiger partial charge in [-0.25, -0.2) is 0 Å². The van der Waals surface area contributed by atoms with E-state index in [0.717, 1.165) is 43.5 Å². The largest absolute Gasteiger partial charge is 0.491 e. The first-order valence-electron chi connectivity index (χ1n) is 7.84. The van der Waals surface area contributed by atoms with Crippen molar-refractivity contribution in [3.8, 4) is 5.75 Å². The van der Waals surface area contributed by atoms with Crippen molar-refractivity contribution in [2.24, 2.45) is 5.92 Å².